The number of hydrogen-bond donors (Lipinski definition) is 1. The van der Waals surface area contributed by atoms with Gasteiger partial charge in [0.05, 0.1) is 11.1 Å². The van der Waals surface area contributed by atoms with Crippen molar-refractivity contribution < 1.29 is 27.8 Å². The van der Waals surface area contributed by atoms with E-state index < -0.39 is 17.5 Å². The lowest BCUT2D eigenvalue weighted by molar-refractivity contribution is 0.0945. The third-order valence-corrected chi connectivity index (χ3v) is 7.59. The Morgan fingerprint density at radius 2 is 1.25 bits per heavy atom. The highest BCUT2D eigenvalue weighted by molar-refractivity contribution is 5.97. The van der Waals surface area contributed by atoms with Crippen LogP contribution in [0.2, 0.25) is 0 Å². The van der Waals surface area contributed by atoms with Gasteiger partial charge in [0.1, 0.15) is 19.0 Å². The maximum absolute atomic E-state index is 15.7. The highest BCUT2D eigenvalue weighted by atomic mass is 19.1. The molecule has 0 aromatic heterocycles. The summed E-state index contributed by atoms with van der Waals surface area (Å²) in [5, 5.41) is 2.78. The van der Waals surface area contributed by atoms with Crippen molar-refractivity contribution in [1.82, 2.24) is 5.32 Å². The van der Waals surface area contributed by atoms with Gasteiger partial charge in [0.2, 0.25) is 0 Å². The van der Waals surface area contributed by atoms with Crippen LogP contribution in [0.25, 0.3) is 0 Å². The highest BCUT2D eigenvalue weighted by Gasteiger charge is 2.21. The molecule has 1 N–H and O–H groups in total. The fourth-order valence-corrected chi connectivity index (χ4v) is 4.80. The Labute approximate surface area is 258 Å². The Hall–Kier alpha value is -4.52. The molecule has 0 heterocycles. The number of ketones is 1. The number of Topliss-reactive ketones (excluding diaryl/α,β-unsaturated/α-hetero) is 1. The van der Waals surface area contributed by atoms with Crippen LogP contribution >= 0.6 is 0 Å². The van der Waals surface area contributed by atoms with Gasteiger partial charge in [-0.15, -0.1) is 0 Å². The lowest BCUT2D eigenvalue weighted by Crippen LogP contribution is -2.25. The fourth-order valence-electron chi connectivity index (χ4n) is 4.80. The molecule has 0 bridgehead atoms. The van der Waals surface area contributed by atoms with E-state index in [1.807, 2.05) is 67.6 Å². The van der Waals surface area contributed by atoms with Crippen molar-refractivity contribution in [2.45, 2.75) is 65.6 Å². The number of carbonyl (C=O) groups excluding carboxylic acids is 2. The highest BCUT2D eigenvalue weighted by Crippen LogP contribution is 2.34. The molecule has 0 fully saturated rings. The summed E-state index contributed by atoms with van der Waals surface area (Å²) in [7, 11) is 0. The zero-order chi connectivity index (χ0) is 31.3. The molecule has 0 saturated carbocycles. The van der Waals surface area contributed by atoms with Crippen LogP contribution in [0.15, 0.2) is 84.9 Å². The first kappa shape index (κ1) is 32.4. The normalized spacial score (nSPS) is 10.8. The average Bonchev–Trinajstić information content (AvgIpc) is 3.04. The molecule has 0 spiro atoms. The van der Waals surface area contributed by atoms with Crippen LogP contribution in [0.4, 0.5) is 8.78 Å². The predicted molar refractivity (Wildman–Crippen MR) is 168 cm³/mol. The van der Waals surface area contributed by atoms with Crippen molar-refractivity contribution in [2.24, 2.45) is 0 Å². The second kappa shape index (κ2) is 16.4. The first-order valence-electron chi connectivity index (χ1n) is 15.1. The van der Waals surface area contributed by atoms with Gasteiger partial charge < -0.3 is 14.8 Å². The second-order valence-electron chi connectivity index (χ2n) is 10.9. The number of hydrogen-bond acceptors (Lipinski definition) is 4. The largest absolute Gasteiger partial charge is 0.485 e. The summed E-state index contributed by atoms with van der Waals surface area (Å²) in [6.45, 7) is 4.29. The van der Waals surface area contributed by atoms with E-state index in [1.54, 1.807) is 19.1 Å². The first-order valence-corrected chi connectivity index (χ1v) is 15.1. The quantitative estimate of drug-likeness (QED) is 0.103. The minimum atomic E-state index is -0.715. The van der Waals surface area contributed by atoms with E-state index in [4.69, 9.17) is 9.47 Å². The molecular weight excluding hydrogens is 560 g/mol. The van der Waals surface area contributed by atoms with Crippen LogP contribution in [0, 0.1) is 25.5 Å². The van der Waals surface area contributed by atoms with Gasteiger partial charge in [0.25, 0.3) is 5.91 Å². The summed E-state index contributed by atoms with van der Waals surface area (Å²) in [6.07, 6.45) is 4.08. The van der Waals surface area contributed by atoms with Crippen molar-refractivity contribution in [3.63, 3.8) is 0 Å². The van der Waals surface area contributed by atoms with Crippen LogP contribution in [-0.2, 0) is 13.2 Å². The summed E-state index contributed by atoms with van der Waals surface area (Å²) in [5.74, 6) is -1.73. The van der Waals surface area contributed by atoms with Crippen LogP contribution < -0.4 is 14.8 Å². The predicted octanol–water partition coefficient (Wildman–Crippen LogP) is 8.69. The Kier molecular flexibility index (Phi) is 12.0. The number of nitrogens with one attached hydrogen (secondary N) is 1. The maximum Gasteiger partial charge on any atom is 0.254 e. The molecule has 0 radical (unpaired) electrons. The van der Waals surface area contributed by atoms with E-state index >= 15 is 4.39 Å². The lowest BCUT2D eigenvalue weighted by atomic mass is 10.0. The van der Waals surface area contributed by atoms with Crippen LogP contribution in [-0.4, -0.2) is 18.2 Å². The zero-order valence-corrected chi connectivity index (χ0v) is 25.3. The van der Waals surface area contributed by atoms with Gasteiger partial charge >= 0.3 is 0 Å². The van der Waals surface area contributed by atoms with Gasteiger partial charge in [-0.25, -0.2) is 8.78 Å². The summed E-state index contributed by atoms with van der Waals surface area (Å²) < 4.78 is 41.8. The molecule has 4 aromatic carbocycles. The molecular formula is C37H39F2NO4. The number of halogens is 2. The molecule has 0 atom stereocenters. The standard InChI is InChI=1S/C37H39F2NO4/c1-26-19-20-31(34(38)27(26)2)37(42)40-23-13-5-3-4-12-18-32(41)30-21-22-33(43-24-28-14-8-6-9-15-28)36(35(30)39)44-25-29-16-10-7-11-17-29/h6-11,14-17,19-22H,3-5,12-13,18,23-25H2,1-2H3,(H,40,42). The van der Waals surface area contributed by atoms with Crippen molar-refractivity contribution in [1.29, 1.82) is 0 Å². The van der Waals surface area contributed by atoms with Crippen molar-refractivity contribution in [2.75, 3.05) is 6.54 Å². The Balaban J connectivity index is 1.25. The number of aryl methyl sites for hydroxylation is 1. The van der Waals surface area contributed by atoms with Crippen LogP contribution in [0.5, 0.6) is 11.5 Å². The SMILES string of the molecule is Cc1ccc(C(=O)NCCCCCCCC(=O)c2ccc(OCc3ccccc3)c(OCc3ccccc3)c2F)c(F)c1C. The van der Waals surface area contributed by atoms with Gasteiger partial charge in [-0.3, -0.25) is 9.59 Å². The third kappa shape index (κ3) is 8.99. The fraction of sp³-hybridized carbons (Fsp3) is 0.297. The Morgan fingerprint density at radius 1 is 0.659 bits per heavy atom. The zero-order valence-electron chi connectivity index (χ0n) is 25.3. The summed E-state index contributed by atoms with van der Waals surface area (Å²) in [6, 6.07) is 25.3. The molecule has 0 unspecified atom stereocenters. The number of unbranched alkanes of at least 4 members (excludes halogenated alkanes) is 4. The molecule has 0 aliphatic rings. The molecule has 4 aromatic rings. The Morgan fingerprint density at radius 3 is 1.93 bits per heavy atom. The minimum Gasteiger partial charge on any atom is -0.485 e. The van der Waals surface area contributed by atoms with Gasteiger partial charge in [-0.05, 0) is 67.1 Å². The number of ether oxygens (including phenoxy) is 2. The van der Waals surface area contributed by atoms with Gasteiger partial charge in [0, 0.05) is 13.0 Å². The molecule has 0 aliphatic carbocycles. The van der Waals surface area contributed by atoms with E-state index in [0.29, 0.717) is 18.5 Å². The minimum absolute atomic E-state index is 0.0126. The summed E-state index contributed by atoms with van der Waals surface area (Å²) >= 11 is 0. The van der Waals surface area contributed by atoms with E-state index in [9.17, 15) is 14.0 Å². The molecule has 7 heteroatoms. The van der Waals surface area contributed by atoms with Crippen molar-refractivity contribution in [3.8, 4) is 11.5 Å². The average molecular weight is 600 g/mol. The van der Waals surface area contributed by atoms with E-state index in [2.05, 4.69) is 5.32 Å². The molecule has 0 aliphatic heterocycles. The smallest absolute Gasteiger partial charge is 0.254 e. The number of benzene rings is 4. The molecule has 230 valence electrons. The molecule has 5 nitrogen and oxygen atoms in total. The lowest BCUT2D eigenvalue weighted by Gasteiger charge is -2.16. The molecule has 4 rings (SSSR count). The number of carbonyl (C=O) groups is 2. The van der Waals surface area contributed by atoms with Crippen LogP contribution in [0.3, 0.4) is 0 Å². The first-order chi connectivity index (χ1) is 21.3. The van der Waals surface area contributed by atoms with Gasteiger partial charge in [-0.1, -0.05) is 86.0 Å². The second-order valence-corrected chi connectivity index (χ2v) is 10.9. The van der Waals surface area contributed by atoms with E-state index in [0.717, 1.165) is 42.4 Å². The summed E-state index contributed by atoms with van der Waals surface area (Å²) in [4.78, 5) is 25.3. The molecule has 1 amide bonds. The summed E-state index contributed by atoms with van der Waals surface area (Å²) in [5.41, 5.74) is 3.14. The number of amides is 1. The topological polar surface area (TPSA) is 64.6 Å². The van der Waals surface area contributed by atoms with Crippen molar-refractivity contribution >= 4 is 11.7 Å². The van der Waals surface area contributed by atoms with Crippen molar-refractivity contribution in [3.05, 3.63) is 130 Å². The number of rotatable bonds is 16. The van der Waals surface area contributed by atoms with E-state index in [1.165, 1.54) is 12.1 Å². The molecule has 0 saturated heterocycles. The monoisotopic (exact) mass is 599 g/mol. The van der Waals surface area contributed by atoms with Gasteiger partial charge in [-0.2, -0.15) is 0 Å². The molecule has 44 heavy (non-hydrogen) atoms. The van der Waals surface area contributed by atoms with E-state index in [-0.39, 0.29) is 48.0 Å². The maximum atomic E-state index is 15.7. The third-order valence-electron chi connectivity index (χ3n) is 7.59. The van der Waals surface area contributed by atoms with Gasteiger partial charge in [0.15, 0.2) is 23.1 Å². The Bertz CT molecular complexity index is 1540. The van der Waals surface area contributed by atoms with Crippen LogP contribution in [0.1, 0.15) is 81.5 Å².